The van der Waals surface area contributed by atoms with Crippen LogP contribution in [0.15, 0.2) is 29.2 Å². The standard InChI is InChI=1S/C15H24N2O3S/c1-3-16-12(2)13-5-4-6-15(11-13)21(18,19)17-14-7-9-20-10-8-14/h4-6,11-12,14,16-17H,3,7-10H2,1-2H3. The Hall–Kier alpha value is -0.950. The van der Waals surface area contributed by atoms with Gasteiger partial charge in [-0.15, -0.1) is 0 Å². The minimum Gasteiger partial charge on any atom is -0.381 e. The van der Waals surface area contributed by atoms with Crippen molar-refractivity contribution in [2.24, 2.45) is 0 Å². The van der Waals surface area contributed by atoms with E-state index in [-0.39, 0.29) is 12.1 Å². The highest BCUT2D eigenvalue weighted by molar-refractivity contribution is 7.89. The highest BCUT2D eigenvalue weighted by Crippen LogP contribution is 2.18. The maximum Gasteiger partial charge on any atom is 0.240 e. The SMILES string of the molecule is CCNC(C)c1cccc(S(=O)(=O)NC2CCOCC2)c1. The summed E-state index contributed by atoms with van der Waals surface area (Å²) in [5, 5.41) is 3.29. The Morgan fingerprint density at radius 3 is 2.71 bits per heavy atom. The van der Waals surface area contributed by atoms with E-state index in [1.165, 1.54) is 0 Å². The lowest BCUT2D eigenvalue weighted by Gasteiger charge is -2.23. The first kappa shape index (κ1) is 16.4. The molecule has 0 aliphatic carbocycles. The summed E-state index contributed by atoms with van der Waals surface area (Å²) in [5.41, 5.74) is 0.978. The molecule has 5 nitrogen and oxygen atoms in total. The van der Waals surface area contributed by atoms with Crippen LogP contribution < -0.4 is 10.0 Å². The van der Waals surface area contributed by atoms with Gasteiger partial charge < -0.3 is 10.1 Å². The molecule has 1 saturated heterocycles. The Bertz CT molecular complexity index is 554. The molecule has 0 spiro atoms. The summed E-state index contributed by atoms with van der Waals surface area (Å²) in [6.07, 6.45) is 1.46. The topological polar surface area (TPSA) is 67.4 Å². The van der Waals surface area contributed by atoms with E-state index < -0.39 is 10.0 Å². The summed E-state index contributed by atoms with van der Waals surface area (Å²) < 4.78 is 33.0. The van der Waals surface area contributed by atoms with E-state index in [2.05, 4.69) is 10.0 Å². The quantitative estimate of drug-likeness (QED) is 0.841. The van der Waals surface area contributed by atoms with Gasteiger partial charge in [-0.3, -0.25) is 0 Å². The van der Waals surface area contributed by atoms with Gasteiger partial charge in [0.05, 0.1) is 4.90 Å². The molecule has 1 aromatic carbocycles. The molecule has 0 aromatic heterocycles. The Kier molecular flexibility index (Phi) is 5.75. The van der Waals surface area contributed by atoms with E-state index in [9.17, 15) is 8.42 Å². The maximum absolute atomic E-state index is 12.5. The Morgan fingerprint density at radius 2 is 2.05 bits per heavy atom. The first-order valence-electron chi connectivity index (χ1n) is 7.46. The third-order valence-corrected chi connectivity index (χ3v) is 5.24. The van der Waals surface area contributed by atoms with Gasteiger partial charge in [0, 0.05) is 25.3 Å². The van der Waals surface area contributed by atoms with E-state index in [0.717, 1.165) is 24.9 Å². The molecule has 2 N–H and O–H groups in total. The van der Waals surface area contributed by atoms with Gasteiger partial charge in [0.25, 0.3) is 0 Å². The fraction of sp³-hybridized carbons (Fsp3) is 0.600. The summed E-state index contributed by atoms with van der Waals surface area (Å²) >= 11 is 0. The Balaban J connectivity index is 2.13. The van der Waals surface area contributed by atoms with E-state index in [4.69, 9.17) is 4.74 Å². The van der Waals surface area contributed by atoms with Gasteiger partial charge in [-0.25, -0.2) is 13.1 Å². The van der Waals surface area contributed by atoms with Crippen LogP contribution in [0.1, 0.15) is 38.3 Å². The zero-order chi connectivity index (χ0) is 15.3. The average molecular weight is 312 g/mol. The van der Waals surface area contributed by atoms with Gasteiger partial charge in [-0.05, 0) is 44.0 Å². The fourth-order valence-electron chi connectivity index (χ4n) is 2.48. The fourth-order valence-corrected chi connectivity index (χ4v) is 3.84. The van der Waals surface area contributed by atoms with Crippen LogP contribution in [-0.2, 0) is 14.8 Å². The normalized spacial score (nSPS) is 18.6. The second kappa shape index (κ2) is 7.35. The highest BCUT2D eigenvalue weighted by Gasteiger charge is 2.22. The van der Waals surface area contributed by atoms with E-state index >= 15 is 0 Å². The van der Waals surface area contributed by atoms with E-state index in [1.807, 2.05) is 19.9 Å². The van der Waals surface area contributed by atoms with Crippen molar-refractivity contribution in [1.82, 2.24) is 10.0 Å². The molecular weight excluding hydrogens is 288 g/mol. The lowest BCUT2D eigenvalue weighted by Crippen LogP contribution is -2.38. The van der Waals surface area contributed by atoms with Crippen LogP contribution in [0.25, 0.3) is 0 Å². The minimum absolute atomic E-state index is 0.0291. The highest BCUT2D eigenvalue weighted by atomic mass is 32.2. The van der Waals surface area contributed by atoms with Crippen molar-refractivity contribution in [3.63, 3.8) is 0 Å². The smallest absolute Gasteiger partial charge is 0.240 e. The number of benzene rings is 1. The summed E-state index contributed by atoms with van der Waals surface area (Å²) in [7, 11) is -3.46. The summed E-state index contributed by atoms with van der Waals surface area (Å²) in [6.45, 7) is 6.14. The van der Waals surface area contributed by atoms with Crippen molar-refractivity contribution in [1.29, 1.82) is 0 Å². The third-order valence-electron chi connectivity index (χ3n) is 3.72. The van der Waals surface area contributed by atoms with Crippen molar-refractivity contribution in [3.8, 4) is 0 Å². The second-order valence-corrected chi connectivity index (χ2v) is 7.07. The zero-order valence-electron chi connectivity index (χ0n) is 12.6. The van der Waals surface area contributed by atoms with Crippen molar-refractivity contribution in [2.75, 3.05) is 19.8 Å². The molecule has 1 atom stereocenters. The number of rotatable bonds is 6. The molecule has 1 heterocycles. The average Bonchev–Trinajstić information content (AvgIpc) is 2.48. The van der Waals surface area contributed by atoms with Crippen LogP contribution in [-0.4, -0.2) is 34.2 Å². The lowest BCUT2D eigenvalue weighted by molar-refractivity contribution is 0.0832. The molecule has 6 heteroatoms. The molecule has 2 rings (SSSR count). The molecule has 21 heavy (non-hydrogen) atoms. The first-order valence-corrected chi connectivity index (χ1v) is 8.94. The van der Waals surface area contributed by atoms with Crippen molar-refractivity contribution < 1.29 is 13.2 Å². The maximum atomic E-state index is 12.5. The summed E-state index contributed by atoms with van der Waals surface area (Å²) in [6, 6.07) is 7.23. The number of hydrogen-bond donors (Lipinski definition) is 2. The van der Waals surface area contributed by atoms with Gasteiger partial charge in [0.2, 0.25) is 10.0 Å². The first-order chi connectivity index (χ1) is 10.0. The van der Waals surface area contributed by atoms with Gasteiger partial charge in [-0.1, -0.05) is 19.1 Å². The van der Waals surface area contributed by atoms with E-state index in [1.54, 1.807) is 18.2 Å². The molecule has 1 fully saturated rings. The van der Waals surface area contributed by atoms with Gasteiger partial charge in [0.15, 0.2) is 0 Å². The van der Waals surface area contributed by atoms with Crippen molar-refractivity contribution in [3.05, 3.63) is 29.8 Å². The largest absolute Gasteiger partial charge is 0.381 e. The van der Waals surface area contributed by atoms with Gasteiger partial charge in [-0.2, -0.15) is 0 Å². The molecule has 0 radical (unpaired) electrons. The zero-order valence-corrected chi connectivity index (χ0v) is 13.4. The Morgan fingerprint density at radius 1 is 1.33 bits per heavy atom. The summed E-state index contributed by atoms with van der Waals surface area (Å²) in [5.74, 6) is 0. The summed E-state index contributed by atoms with van der Waals surface area (Å²) in [4.78, 5) is 0.330. The van der Waals surface area contributed by atoms with Gasteiger partial charge >= 0.3 is 0 Å². The number of sulfonamides is 1. The molecule has 1 aliphatic heterocycles. The third kappa shape index (κ3) is 4.51. The van der Waals surface area contributed by atoms with Crippen LogP contribution in [0.3, 0.4) is 0 Å². The van der Waals surface area contributed by atoms with Crippen LogP contribution >= 0.6 is 0 Å². The molecule has 1 aliphatic rings. The van der Waals surface area contributed by atoms with Crippen molar-refractivity contribution >= 4 is 10.0 Å². The second-order valence-electron chi connectivity index (χ2n) is 5.36. The van der Waals surface area contributed by atoms with Crippen LogP contribution in [0.2, 0.25) is 0 Å². The van der Waals surface area contributed by atoms with Crippen LogP contribution in [0.5, 0.6) is 0 Å². The number of ether oxygens (including phenoxy) is 1. The molecule has 1 unspecified atom stereocenters. The van der Waals surface area contributed by atoms with Crippen molar-refractivity contribution in [2.45, 2.75) is 43.7 Å². The lowest BCUT2D eigenvalue weighted by atomic mass is 10.1. The molecule has 118 valence electrons. The predicted octanol–water partition coefficient (Wildman–Crippen LogP) is 1.81. The van der Waals surface area contributed by atoms with Crippen LogP contribution in [0, 0.1) is 0 Å². The molecule has 0 bridgehead atoms. The predicted molar refractivity (Wildman–Crippen MR) is 82.7 cm³/mol. The molecular formula is C15H24N2O3S. The molecule has 1 aromatic rings. The van der Waals surface area contributed by atoms with E-state index in [0.29, 0.717) is 18.1 Å². The molecule has 0 saturated carbocycles. The number of nitrogens with one attached hydrogen (secondary N) is 2. The Labute approximate surface area is 127 Å². The number of hydrogen-bond acceptors (Lipinski definition) is 4. The minimum atomic E-state index is -3.46. The molecule has 0 amide bonds. The monoisotopic (exact) mass is 312 g/mol. The van der Waals surface area contributed by atoms with Crippen LogP contribution in [0.4, 0.5) is 0 Å². The van der Waals surface area contributed by atoms with Gasteiger partial charge in [0.1, 0.15) is 0 Å².